The van der Waals surface area contributed by atoms with Crippen molar-refractivity contribution in [3.63, 3.8) is 0 Å². The van der Waals surface area contributed by atoms with Crippen LogP contribution in [0.1, 0.15) is 38.5 Å². The summed E-state index contributed by atoms with van der Waals surface area (Å²) in [5.41, 5.74) is 0. The third kappa shape index (κ3) is 6.80. The van der Waals surface area contributed by atoms with E-state index in [9.17, 15) is 9.59 Å². The highest BCUT2D eigenvalue weighted by Gasteiger charge is 2.20. The van der Waals surface area contributed by atoms with E-state index >= 15 is 0 Å². The van der Waals surface area contributed by atoms with E-state index in [2.05, 4.69) is 10.6 Å². The average Bonchev–Trinajstić information content (AvgIpc) is 3.13. The summed E-state index contributed by atoms with van der Waals surface area (Å²) in [6.45, 7) is 4.31. The summed E-state index contributed by atoms with van der Waals surface area (Å²) in [6, 6.07) is -0.202. The van der Waals surface area contributed by atoms with Crippen molar-refractivity contribution in [2.75, 3.05) is 39.4 Å². The molecule has 0 unspecified atom stereocenters. The largest absolute Gasteiger partial charge is 0.381 e. The monoisotopic (exact) mass is 297 g/mol. The van der Waals surface area contributed by atoms with Gasteiger partial charge in [0.2, 0.25) is 5.91 Å². The third-order valence-electron chi connectivity index (χ3n) is 3.88. The molecule has 0 radical (unpaired) electrons. The van der Waals surface area contributed by atoms with Gasteiger partial charge in [-0.15, -0.1) is 0 Å². The zero-order valence-electron chi connectivity index (χ0n) is 12.7. The number of likely N-dealkylation sites (tertiary alicyclic amines) is 1. The van der Waals surface area contributed by atoms with Crippen molar-refractivity contribution in [1.82, 2.24) is 15.5 Å². The number of urea groups is 1. The zero-order valence-corrected chi connectivity index (χ0v) is 12.7. The van der Waals surface area contributed by atoms with Crippen molar-refractivity contribution >= 4 is 11.9 Å². The molecule has 0 spiro atoms. The van der Waals surface area contributed by atoms with Crippen molar-refractivity contribution < 1.29 is 14.3 Å². The fraction of sp³-hybridized carbons (Fsp3) is 0.867. The van der Waals surface area contributed by atoms with E-state index < -0.39 is 0 Å². The van der Waals surface area contributed by atoms with Crippen LogP contribution in [0.5, 0.6) is 0 Å². The highest BCUT2D eigenvalue weighted by Crippen LogP contribution is 2.28. The number of nitrogens with one attached hydrogen (secondary N) is 2. The number of hydrogen-bond donors (Lipinski definition) is 2. The molecule has 21 heavy (non-hydrogen) atoms. The zero-order chi connectivity index (χ0) is 14.9. The van der Waals surface area contributed by atoms with E-state index in [0.717, 1.165) is 44.9 Å². The molecule has 2 aliphatic rings. The van der Waals surface area contributed by atoms with Crippen LogP contribution < -0.4 is 10.6 Å². The molecule has 6 heteroatoms. The Kier molecular flexibility index (Phi) is 6.79. The highest BCUT2D eigenvalue weighted by atomic mass is 16.5. The van der Waals surface area contributed by atoms with E-state index in [0.29, 0.717) is 26.1 Å². The molecular formula is C15H27N3O3. The van der Waals surface area contributed by atoms with Crippen molar-refractivity contribution in [1.29, 1.82) is 0 Å². The van der Waals surface area contributed by atoms with Crippen LogP contribution in [0.4, 0.5) is 4.79 Å². The van der Waals surface area contributed by atoms with Crippen LogP contribution in [0.3, 0.4) is 0 Å². The van der Waals surface area contributed by atoms with Gasteiger partial charge < -0.3 is 20.3 Å². The summed E-state index contributed by atoms with van der Waals surface area (Å²) < 4.78 is 5.49. The summed E-state index contributed by atoms with van der Waals surface area (Å²) in [4.78, 5) is 25.1. The van der Waals surface area contributed by atoms with Crippen LogP contribution >= 0.6 is 0 Å². The van der Waals surface area contributed by atoms with E-state index in [1.54, 1.807) is 0 Å². The molecule has 1 saturated heterocycles. The maximum Gasteiger partial charge on any atom is 0.314 e. The number of nitrogens with zero attached hydrogens (tertiary/aromatic N) is 1. The standard InChI is InChI=1S/C15H27N3O3/c19-14(18-9-1-2-10-18)6-8-17-15(20)16-7-3-11-21-12-13-4-5-13/h13H,1-12H2,(H2,16,17,20). The van der Waals surface area contributed by atoms with Crippen LogP contribution in [0.2, 0.25) is 0 Å². The minimum absolute atomic E-state index is 0.140. The van der Waals surface area contributed by atoms with Crippen LogP contribution in [0.15, 0.2) is 0 Å². The molecule has 0 aromatic rings. The minimum Gasteiger partial charge on any atom is -0.381 e. The summed E-state index contributed by atoms with van der Waals surface area (Å²) in [7, 11) is 0. The first-order valence-electron chi connectivity index (χ1n) is 8.13. The Bertz CT molecular complexity index is 339. The second-order valence-electron chi connectivity index (χ2n) is 5.89. The lowest BCUT2D eigenvalue weighted by Gasteiger charge is -2.15. The average molecular weight is 297 g/mol. The van der Waals surface area contributed by atoms with Gasteiger partial charge in [-0.3, -0.25) is 4.79 Å². The fourth-order valence-corrected chi connectivity index (χ4v) is 2.38. The molecule has 1 aliphatic carbocycles. The Morgan fingerprint density at radius 1 is 1.10 bits per heavy atom. The van der Waals surface area contributed by atoms with Gasteiger partial charge in [-0.25, -0.2) is 4.79 Å². The Labute approximate surface area is 126 Å². The van der Waals surface area contributed by atoms with Gasteiger partial charge >= 0.3 is 6.03 Å². The molecule has 1 heterocycles. The Morgan fingerprint density at radius 2 is 1.81 bits per heavy atom. The quantitative estimate of drug-likeness (QED) is 0.626. The highest BCUT2D eigenvalue weighted by molar-refractivity contribution is 5.78. The third-order valence-corrected chi connectivity index (χ3v) is 3.88. The lowest BCUT2D eigenvalue weighted by atomic mass is 10.3. The predicted octanol–water partition coefficient (Wildman–Crippen LogP) is 1.11. The summed E-state index contributed by atoms with van der Waals surface area (Å²) in [5, 5.41) is 5.49. The predicted molar refractivity (Wildman–Crippen MR) is 80.0 cm³/mol. The van der Waals surface area contributed by atoms with Crippen LogP contribution in [-0.4, -0.2) is 56.2 Å². The molecule has 0 bridgehead atoms. The summed E-state index contributed by atoms with van der Waals surface area (Å²) in [5.74, 6) is 0.927. The van der Waals surface area contributed by atoms with Gasteiger partial charge in [0.1, 0.15) is 0 Å². The molecule has 0 aromatic heterocycles. The molecule has 6 nitrogen and oxygen atoms in total. The van der Waals surface area contributed by atoms with Gasteiger partial charge in [-0.2, -0.15) is 0 Å². The first-order chi connectivity index (χ1) is 10.3. The Balaban J connectivity index is 1.39. The smallest absolute Gasteiger partial charge is 0.314 e. The number of carbonyl (C=O) groups is 2. The van der Waals surface area contributed by atoms with Gasteiger partial charge in [-0.05, 0) is 38.0 Å². The second kappa shape index (κ2) is 8.87. The molecule has 0 atom stereocenters. The molecule has 120 valence electrons. The molecule has 2 fully saturated rings. The summed E-state index contributed by atoms with van der Waals surface area (Å²) in [6.07, 6.45) is 6.02. The number of carbonyl (C=O) groups excluding carboxylic acids is 2. The van der Waals surface area contributed by atoms with Crippen molar-refractivity contribution in [2.24, 2.45) is 5.92 Å². The number of rotatable bonds is 9. The molecule has 2 N–H and O–H groups in total. The minimum atomic E-state index is -0.202. The van der Waals surface area contributed by atoms with Crippen LogP contribution in [0, 0.1) is 5.92 Å². The van der Waals surface area contributed by atoms with Crippen LogP contribution in [0.25, 0.3) is 0 Å². The number of hydrogen-bond acceptors (Lipinski definition) is 3. The summed E-state index contributed by atoms with van der Waals surface area (Å²) >= 11 is 0. The van der Waals surface area contributed by atoms with Crippen molar-refractivity contribution in [2.45, 2.75) is 38.5 Å². The number of amides is 3. The van der Waals surface area contributed by atoms with Gasteiger partial charge in [0.05, 0.1) is 0 Å². The van der Waals surface area contributed by atoms with Crippen LogP contribution in [-0.2, 0) is 9.53 Å². The first-order valence-corrected chi connectivity index (χ1v) is 8.13. The Morgan fingerprint density at radius 3 is 2.52 bits per heavy atom. The molecule has 1 aliphatic heterocycles. The molecule has 1 saturated carbocycles. The van der Waals surface area contributed by atoms with Gasteiger partial charge in [0.15, 0.2) is 0 Å². The fourth-order valence-electron chi connectivity index (χ4n) is 2.38. The molecule has 0 aromatic carbocycles. The van der Waals surface area contributed by atoms with Gasteiger partial charge in [0.25, 0.3) is 0 Å². The topological polar surface area (TPSA) is 70.7 Å². The maximum atomic E-state index is 11.8. The van der Waals surface area contributed by atoms with E-state index in [-0.39, 0.29) is 11.9 Å². The lowest BCUT2D eigenvalue weighted by Crippen LogP contribution is -2.38. The van der Waals surface area contributed by atoms with Crippen molar-refractivity contribution in [3.05, 3.63) is 0 Å². The first kappa shape index (κ1) is 16.1. The SMILES string of the molecule is O=C(NCCCOCC1CC1)NCCC(=O)N1CCCC1. The lowest BCUT2D eigenvalue weighted by molar-refractivity contribution is -0.129. The molecule has 3 amide bonds. The number of ether oxygens (including phenoxy) is 1. The van der Waals surface area contributed by atoms with E-state index in [1.807, 2.05) is 4.90 Å². The van der Waals surface area contributed by atoms with Gasteiger partial charge in [-0.1, -0.05) is 0 Å². The van der Waals surface area contributed by atoms with Crippen molar-refractivity contribution in [3.8, 4) is 0 Å². The molecule has 2 rings (SSSR count). The molecular weight excluding hydrogens is 270 g/mol. The normalized spacial score (nSPS) is 17.8. The maximum absolute atomic E-state index is 11.8. The van der Waals surface area contributed by atoms with Gasteiger partial charge in [0, 0.05) is 45.8 Å². The van der Waals surface area contributed by atoms with E-state index in [4.69, 9.17) is 4.74 Å². The Hall–Kier alpha value is -1.30. The van der Waals surface area contributed by atoms with E-state index in [1.165, 1.54) is 12.8 Å². The second-order valence-corrected chi connectivity index (χ2v) is 5.89.